The fourth-order valence-corrected chi connectivity index (χ4v) is 2.17. The van der Waals surface area contributed by atoms with Gasteiger partial charge in [0.1, 0.15) is 11.3 Å². The summed E-state index contributed by atoms with van der Waals surface area (Å²) < 4.78 is 5.12. The van der Waals surface area contributed by atoms with Crippen LogP contribution in [0.3, 0.4) is 0 Å². The van der Waals surface area contributed by atoms with Gasteiger partial charge in [0.15, 0.2) is 0 Å². The highest BCUT2D eigenvalue weighted by Gasteiger charge is 2.37. The zero-order chi connectivity index (χ0) is 16.2. The third kappa shape index (κ3) is 3.36. The number of nitrogens with one attached hydrogen (secondary N) is 1. The van der Waals surface area contributed by atoms with Gasteiger partial charge in [0, 0.05) is 11.9 Å². The van der Waals surface area contributed by atoms with E-state index in [-0.39, 0.29) is 18.2 Å². The normalized spacial score (nSPS) is 15.1. The van der Waals surface area contributed by atoms with Crippen LogP contribution in [0, 0.1) is 0 Å². The van der Waals surface area contributed by atoms with E-state index in [0.29, 0.717) is 11.4 Å². The molecular formula is C17H20N2O3. The highest BCUT2D eigenvalue weighted by atomic mass is 16.5. The van der Waals surface area contributed by atoms with E-state index in [1.807, 2.05) is 18.2 Å². The van der Waals surface area contributed by atoms with E-state index >= 15 is 0 Å². The van der Waals surface area contributed by atoms with Crippen LogP contribution in [-0.4, -0.2) is 29.4 Å². The molecule has 0 spiro atoms. The quantitative estimate of drug-likeness (QED) is 0.930. The number of anilines is 1. The number of benzene rings is 1. The molecule has 0 fully saturated rings. The van der Waals surface area contributed by atoms with Gasteiger partial charge in [-0.15, -0.1) is 0 Å². The Hall–Kier alpha value is -2.56. The zero-order valence-corrected chi connectivity index (χ0v) is 13.0. The van der Waals surface area contributed by atoms with Gasteiger partial charge in [-0.25, -0.2) is 0 Å². The van der Waals surface area contributed by atoms with Crippen molar-refractivity contribution >= 4 is 17.5 Å². The standard InChI is InChI=1S/C17H20N2O3/c1-17(2,16(21)18-13-8-5-4-6-9-13)19-11-7-10-14(22-3)12-15(19)20/h4-11H,12H2,1-3H3,(H,18,21). The van der Waals surface area contributed by atoms with Crippen LogP contribution in [0.15, 0.2) is 54.4 Å². The summed E-state index contributed by atoms with van der Waals surface area (Å²) in [5.41, 5.74) is -0.317. The van der Waals surface area contributed by atoms with Crippen molar-refractivity contribution in [3.63, 3.8) is 0 Å². The molecule has 1 aliphatic rings. The van der Waals surface area contributed by atoms with Crippen LogP contribution in [0.5, 0.6) is 0 Å². The maximum Gasteiger partial charge on any atom is 0.250 e. The number of methoxy groups -OCH3 is 1. The Labute approximate surface area is 130 Å². The van der Waals surface area contributed by atoms with Crippen molar-refractivity contribution < 1.29 is 14.3 Å². The van der Waals surface area contributed by atoms with Crippen molar-refractivity contribution in [2.75, 3.05) is 12.4 Å². The van der Waals surface area contributed by atoms with Crippen molar-refractivity contribution in [2.45, 2.75) is 25.8 Å². The van der Waals surface area contributed by atoms with Gasteiger partial charge in [-0.05, 0) is 38.1 Å². The van der Waals surface area contributed by atoms with E-state index in [0.717, 1.165) is 0 Å². The second-order valence-electron chi connectivity index (χ2n) is 5.50. The van der Waals surface area contributed by atoms with Crippen LogP contribution in [-0.2, 0) is 14.3 Å². The van der Waals surface area contributed by atoms with E-state index in [2.05, 4.69) is 5.32 Å². The minimum absolute atomic E-state index is 0.131. The number of ether oxygens (including phenoxy) is 1. The summed E-state index contributed by atoms with van der Waals surface area (Å²) in [5, 5.41) is 2.83. The second-order valence-corrected chi connectivity index (χ2v) is 5.50. The van der Waals surface area contributed by atoms with Gasteiger partial charge < -0.3 is 15.0 Å². The van der Waals surface area contributed by atoms with Crippen molar-refractivity contribution in [1.82, 2.24) is 4.90 Å². The second kappa shape index (κ2) is 6.47. The largest absolute Gasteiger partial charge is 0.501 e. The van der Waals surface area contributed by atoms with Crippen LogP contribution in [0.1, 0.15) is 20.3 Å². The Bertz CT molecular complexity index is 618. The van der Waals surface area contributed by atoms with Gasteiger partial charge >= 0.3 is 0 Å². The SMILES string of the molecule is COC1=CC=CN(C(C)(C)C(=O)Nc2ccccc2)C(=O)C1. The van der Waals surface area contributed by atoms with E-state index in [9.17, 15) is 9.59 Å². The topological polar surface area (TPSA) is 58.6 Å². The van der Waals surface area contributed by atoms with Crippen molar-refractivity contribution in [2.24, 2.45) is 0 Å². The molecule has 0 aliphatic carbocycles. The van der Waals surface area contributed by atoms with Crippen LogP contribution in [0.2, 0.25) is 0 Å². The molecule has 1 heterocycles. The molecule has 22 heavy (non-hydrogen) atoms. The smallest absolute Gasteiger partial charge is 0.250 e. The fraction of sp³-hybridized carbons (Fsp3) is 0.294. The molecule has 0 aromatic heterocycles. The van der Waals surface area contributed by atoms with E-state index in [1.54, 1.807) is 44.3 Å². The van der Waals surface area contributed by atoms with Crippen molar-refractivity contribution in [3.8, 4) is 0 Å². The number of carbonyl (C=O) groups excluding carboxylic acids is 2. The van der Waals surface area contributed by atoms with Gasteiger partial charge in [0.2, 0.25) is 11.8 Å². The predicted molar refractivity (Wildman–Crippen MR) is 84.8 cm³/mol. The molecule has 2 amide bonds. The Kier molecular flexibility index (Phi) is 4.65. The third-order valence-corrected chi connectivity index (χ3v) is 3.56. The molecule has 1 aromatic carbocycles. The maximum atomic E-state index is 12.6. The summed E-state index contributed by atoms with van der Waals surface area (Å²) in [6, 6.07) is 9.17. The summed E-state index contributed by atoms with van der Waals surface area (Å²) in [4.78, 5) is 26.4. The lowest BCUT2D eigenvalue weighted by molar-refractivity contribution is -0.139. The lowest BCUT2D eigenvalue weighted by Crippen LogP contribution is -2.52. The summed E-state index contributed by atoms with van der Waals surface area (Å²) in [6.45, 7) is 3.43. The van der Waals surface area contributed by atoms with E-state index < -0.39 is 5.54 Å². The van der Waals surface area contributed by atoms with Gasteiger partial charge in [0.25, 0.3) is 0 Å². The molecule has 5 heteroatoms. The average Bonchev–Trinajstić information content (AvgIpc) is 2.69. The van der Waals surface area contributed by atoms with Crippen LogP contribution < -0.4 is 5.32 Å². The van der Waals surface area contributed by atoms with Gasteiger partial charge in [-0.3, -0.25) is 9.59 Å². The number of nitrogens with zero attached hydrogens (tertiary/aromatic N) is 1. The highest BCUT2D eigenvalue weighted by Crippen LogP contribution is 2.23. The van der Waals surface area contributed by atoms with E-state index in [1.165, 1.54) is 12.0 Å². The van der Waals surface area contributed by atoms with Gasteiger partial charge in [0.05, 0.1) is 13.5 Å². The summed E-state index contributed by atoms with van der Waals surface area (Å²) >= 11 is 0. The number of hydrogen-bond donors (Lipinski definition) is 1. The molecule has 1 aliphatic heterocycles. The number of carbonyl (C=O) groups is 2. The third-order valence-electron chi connectivity index (χ3n) is 3.56. The molecule has 0 radical (unpaired) electrons. The molecule has 2 rings (SSSR count). The zero-order valence-electron chi connectivity index (χ0n) is 13.0. The number of allylic oxidation sites excluding steroid dienone is 2. The molecule has 0 unspecified atom stereocenters. The minimum Gasteiger partial charge on any atom is -0.501 e. The number of amides is 2. The molecule has 116 valence electrons. The minimum atomic E-state index is -1.01. The molecule has 0 saturated heterocycles. The molecule has 0 saturated carbocycles. The lowest BCUT2D eigenvalue weighted by atomic mass is 10.0. The monoisotopic (exact) mass is 300 g/mol. The van der Waals surface area contributed by atoms with Crippen molar-refractivity contribution in [3.05, 3.63) is 54.4 Å². The molecule has 1 aromatic rings. The van der Waals surface area contributed by atoms with E-state index in [4.69, 9.17) is 4.74 Å². The predicted octanol–water partition coefficient (Wildman–Crippen LogP) is 2.68. The molecule has 5 nitrogen and oxygen atoms in total. The Morgan fingerprint density at radius 3 is 2.59 bits per heavy atom. The Morgan fingerprint density at radius 2 is 1.95 bits per heavy atom. The number of hydrogen-bond acceptors (Lipinski definition) is 3. The van der Waals surface area contributed by atoms with Crippen LogP contribution >= 0.6 is 0 Å². The first kappa shape index (κ1) is 15.8. The molecule has 0 bridgehead atoms. The van der Waals surface area contributed by atoms with Crippen LogP contribution in [0.4, 0.5) is 5.69 Å². The first-order valence-electron chi connectivity index (χ1n) is 7.05. The summed E-state index contributed by atoms with van der Waals surface area (Å²) in [5.74, 6) is 0.135. The fourth-order valence-electron chi connectivity index (χ4n) is 2.17. The highest BCUT2D eigenvalue weighted by molar-refractivity contribution is 6.00. The van der Waals surface area contributed by atoms with Gasteiger partial charge in [-0.2, -0.15) is 0 Å². The van der Waals surface area contributed by atoms with Crippen LogP contribution in [0.25, 0.3) is 0 Å². The summed E-state index contributed by atoms with van der Waals surface area (Å²) in [6.07, 6.45) is 5.18. The maximum absolute atomic E-state index is 12.6. The lowest BCUT2D eigenvalue weighted by Gasteiger charge is -2.34. The first-order valence-corrected chi connectivity index (χ1v) is 7.05. The molecule has 0 atom stereocenters. The van der Waals surface area contributed by atoms with Crippen molar-refractivity contribution in [1.29, 1.82) is 0 Å². The van der Waals surface area contributed by atoms with Gasteiger partial charge in [-0.1, -0.05) is 18.2 Å². The number of rotatable bonds is 4. The Balaban J connectivity index is 2.16. The molecular weight excluding hydrogens is 280 g/mol. The summed E-state index contributed by atoms with van der Waals surface area (Å²) in [7, 11) is 1.52. The first-order chi connectivity index (χ1) is 10.4. The average molecular weight is 300 g/mol. The number of para-hydroxylation sites is 1. The molecule has 1 N–H and O–H groups in total. The Morgan fingerprint density at radius 1 is 1.27 bits per heavy atom.